The van der Waals surface area contributed by atoms with Crippen LogP contribution in [0.25, 0.3) is 11.3 Å². The number of halogens is 4. The molecule has 3 aromatic rings. The average Bonchev–Trinajstić information content (AvgIpc) is 3.18. The predicted octanol–water partition coefficient (Wildman–Crippen LogP) is 4.51. The van der Waals surface area contributed by atoms with E-state index in [2.05, 4.69) is 25.9 Å². The van der Waals surface area contributed by atoms with Gasteiger partial charge in [0.15, 0.2) is 0 Å². The van der Waals surface area contributed by atoms with Gasteiger partial charge in [-0.1, -0.05) is 15.9 Å². The highest BCUT2D eigenvalue weighted by Crippen LogP contribution is 2.33. The van der Waals surface area contributed by atoms with E-state index in [1.165, 1.54) is 24.1 Å². The van der Waals surface area contributed by atoms with E-state index in [1.54, 1.807) is 36.4 Å². The molecule has 0 aliphatic heterocycles. The van der Waals surface area contributed by atoms with Crippen LogP contribution in [-0.4, -0.2) is 41.2 Å². The van der Waals surface area contributed by atoms with Gasteiger partial charge in [0.2, 0.25) is 5.82 Å². The molecule has 2 N–H and O–H groups in total. The number of aliphatic hydroxyl groups excluding tert-OH is 1. The zero-order valence-corrected chi connectivity index (χ0v) is 17.3. The Hall–Kier alpha value is -2.85. The number of nitrogens with zero attached hydrogens (tertiary/aromatic N) is 2. The lowest BCUT2D eigenvalue weighted by Gasteiger charge is -2.22. The van der Waals surface area contributed by atoms with Crippen molar-refractivity contribution in [3.05, 3.63) is 64.5 Å². The fourth-order valence-electron chi connectivity index (χ4n) is 2.82. The molecule has 0 aliphatic carbocycles. The van der Waals surface area contributed by atoms with Crippen LogP contribution in [0.5, 0.6) is 5.75 Å². The third kappa shape index (κ3) is 4.65. The van der Waals surface area contributed by atoms with E-state index in [0.29, 0.717) is 17.0 Å². The van der Waals surface area contributed by atoms with Crippen LogP contribution in [0, 0.1) is 0 Å². The third-order valence-corrected chi connectivity index (χ3v) is 4.79. The molecule has 1 aromatic heterocycles. The molecule has 0 bridgehead atoms. The highest BCUT2D eigenvalue weighted by Gasteiger charge is 2.37. The predicted molar refractivity (Wildman–Crippen MR) is 108 cm³/mol. The molecule has 1 amide bonds. The van der Waals surface area contributed by atoms with E-state index < -0.39 is 17.9 Å². The summed E-state index contributed by atoms with van der Waals surface area (Å²) in [6, 6.07) is 12.8. The number of aliphatic hydroxyl groups is 1. The number of methoxy groups -OCH3 is 1. The smallest absolute Gasteiger partial charge is 0.449 e. The first-order chi connectivity index (χ1) is 14.2. The molecular formula is C20H17BrF3N3O3. The van der Waals surface area contributed by atoms with Crippen LogP contribution in [0.4, 0.5) is 18.9 Å². The topological polar surface area (TPSA) is 78.5 Å². The maximum Gasteiger partial charge on any atom is 0.449 e. The molecule has 0 fully saturated rings. The minimum absolute atomic E-state index is 0.108. The molecule has 0 saturated carbocycles. The number of nitrogens with one attached hydrogen (secondary N) is 1. The molecule has 0 radical (unpaired) electrons. The molecular weight excluding hydrogens is 467 g/mol. The van der Waals surface area contributed by atoms with Crippen LogP contribution in [0.15, 0.2) is 53.0 Å². The van der Waals surface area contributed by atoms with Crippen molar-refractivity contribution in [2.75, 3.05) is 25.2 Å². The first kappa shape index (κ1) is 21.8. The Morgan fingerprint density at radius 2 is 1.80 bits per heavy atom. The number of anilines is 1. The van der Waals surface area contributed by atoms with Crippen molar-refractivity contribution < 1.29 is 27.8 Å². The van der Waals surface area contributed by atoms with Crippen molar-refractivity contribution in [3.8, 4) is 17.0 Å². The average molecular weight is 484 g/mol. The van der Waals surface area contributed by atoms with Gasteiger partial charge in [-0.3, -0.25) is 4.79 Å². The Morgan fingerprint density at radius 3 is 2.33 bits per heavy atom. The number of carbonyl (C=O) groups excluding carboxylic acids is 1. The van der Waals surface area contributed by atoms with Crippen molar-refractivity contribution in [2.45, 2.75) is 6.18 Å². The highest BCUT2D eigenvalue weighted by molar-refractivity contribution is 9.10. The second-order valence-corrected chi connectivity index (χ2v) is 7.11. The summed E-state index contributed by atoms with van der Waals surface area (Å²) in [5.41, 5.74) is 0.255. The number of hydrogen-bond donors (Lipinski definition) is 2. The van der Waals surface area contributed by atoms with Crippen LogP contribution >= 0.6 is 15.9 Å². The summed E-state index contributed by atoms with van der Waals surface area (Å²) in [6.45, 7) is -0.483. The molecule has 0 atom stereocenters. The number of hydrogen-bond acceptors (Lipinski definition) is 4. The van der Waals surface area contributed by atoms with Crippen LogP contribution in [-0.2, 0) is 6.18 Å². The van der Waals surface area contributed by atoms with E-state index in [9.17, 15) is 23.1 Å². The van der Waals surface area contributed by atoms with Crippen molar-refractivity contribution >= 4 is 27.5 Å². The first-order valence-electron chi connectivity index (χ1n) is 8.74. The number of aromatic amines is 1. The summed E-state index contributed by atoms with van der Waals surface area (Å²) in [4.78, 5) is 20.2. The molecule has 158 valence electrons. The Labute approximate surface area is 178 Å². The number of carbonyl (C=O) groups is 1. The fraction of sp³-hybridized carbons (Fsp3) is 0.200. The highest BCUT2D eigenvalue weighted by atomic mass is 79.9. The van der Waals surface area contributed by atoms with Gasteiger partial charge in [-0.25, -0.2) is 4.98 Å². The molecule has 0 saturated heterocycles. The molecule has 10 heteroatoms. The largest absolute Gasteiger partial charge is 0.497 e. The second kappa shape index (κ2) is 8.88. The van der Waals surface area contributed by atoms with Gasteiger partial charge in [0, 0.05) is 22.3 Å². The van der Waals surface area contributed by atoms with Crippen molar-refractivity contribution in [2.24, 2.45) is 0 Å². The monoisotopic (exact) mass is 483 g/mol. The number of imidazole rings is 1. The summed E-state index contributed by atoms with van der Waals surface area (Å²) >= 11 is 3.29. The number of rotatable bonds is 6. The van der Waals surface area contributed by atoms with Crippen molar-refractivity contribution in [1.82, 2.24) is 9.97 Å². The zero-order valence-electron chi connectivity index (χ0n) is 15.7. The van der Waals surface area contributed by atoms with E-state index in [1.807, 2.05) is 0 Å². The normalized spacial score (nSPS) is 11.4. The number of alkyl halides is 3. The van der Waals surface area contributed by atoms with E-state index >= 15 is 0 Å². The minimum Gasteiger partial charge on any atom is -0.497 e. The molecule has 30 heavy (non-hydrogen) atoms. The minimum atomic E-state index is -4.76. The summed E-state index contributed by atoms with van der Waals surface area (Å²) in [5.74, 6) is -1.52. The summed E-state index contributed by atoms with van der Waals surface area (Å²) in [5, 5.41) is 9.40. The molecule has 1 heterocycles. The number of H-pyrrole nitrogens is 1. The first-order valence-corrected chi connectivity index (χ1v) is 9.54. The second-order valence-electron chi connectivity index (χ2n) is 6.19. The Kier molecular flexibility index (Phi) is 6.47. The number of aromatic nitrogens is 2. The lowest BCUT2D eigenvalue weighted by atomic mass is 10.1. The van der Waals surface area contributed by atoms with Crippen LogP contribution in [0.1, 0.15) is 16.3 Å². The number of amides is 1. The van der Waals surface area contributed by atoms with Gasteiger partial charge < -0.3 is 19.7 Å². The Morgan fingerprint density at radius 1 is 1.17 bits per heavy atom. The Balaban J connectivity index is 2.10. The molecule has 0 unspecified atom stereocenters. The molecule has 0 aliphatic rings. The van der Waals surface area contributed by atoms with Gasteiger partial charge in [-0.2, -0.15) is 13.2 Å². The van der Waals surface area contributed by atoms with Crippen molar-refractivity contribution in [3.63, 3.8) is 0 Å². The van der Waals surface area contributed by atoms with Gasteiger partial charge in [0.1, 0.15) is 17.1 Å². The van der Waals surface area contributed by atoms with E-state index in [0.717, 1.165) is 4.47 Å². The standard InChI is InChI=1S/C20H17BrF3N3O3/c1-30-15-8-2-12(3-9-15)16-17(26-19(25-16)20(22,23)24)18(29)27(10-11-28)14-6-4-13(21)5-7-14/h2-9,28H,10-11H2,1H3,(H,25,26). The maximum atomic E-state index is 13.3. The molecule has 6 nitrogen and oxygen atoms in total. The van der Waals surface area contributed by atoms with Crippen LogP contribution in [0.2, 0.25) is 0 Å². The lowest BCUT2D eigenvalue weighted by molar-refractivity contribution is -0.144. The van der Waals surface area contributed by atoms with Crippen LogP contribution < -0.4 is 9.64 Å². The Bertz CT molecular complexity index is 1020. The summed E-state index contributed by atoms with van der Waals surface area (Å²) in [6.07, 6.45) is -4.76. The van der Waals surface area contributed by atoms with Crippen LogP contribution in [0.3, 0.4) is 0 Å². The van der Waals surface area contributed by atoms with Crippen molar-refractivity contribution in [1.29, 1.82) is 0 Å². The fourth-order valence-corrected chi connectivity index (χ4v) is 3.09. The molecule has 0 spiro atoms. The van der Waals surface area contributed by atoms with E-state index in [-0.39, 0.29) is 24.5 Å². The number of benzene rings is 2. The van der Waals surface area contributed by atoms with E-state index in [4.69, 9.17) is 4.74 Å². The number of ether oxygens (including phenoxy) is 1. The zero-order chi connectivity index (χ0) is 21.9. The quantitative estimate of drug-likeness (QED) is 0.540. The molecule has 2 aromatic carbocycles. The van der Waals surface area contributed by atoms with Gasteiger partial charge in [-0.15, -0.1) is 0 Å². The summed E-state index contributed by atoms with van der Waals surface area (Å²) in [7, 11) is 1.46. The molecule has 3 rings (SSSR count). The van der Waals surface area contributed by atoms with Gasteiger partial charge in [0.25, 0.3) is 5.91 Å². The van der Waals surface area contributed by atoms with Gasteiger partial charge >= 0.3 is 6.18 Å². The lowest BCUT2D eigenvalue weighted by Crippen LogP contribution is -2.34. The third-order valence-electron chi connectivity index (χ3n) is 4.26. The SMILES string of the molecule is COc1ccc(-c2nc(C(F)(F)F)[nH]c2C(=O)N(CCO)c2ccc(Br)cc2)cc1. The summed E-state index contributed by atoms with van der Waals surface area (Å²) < 4.78 is 45.8. The maximum absolute atomic E-state index is 13.3. The van der Waals surface area contributed by atoms with Gasteiger partial charge in [-0.05, 0) is 48.5 Å². The van der Waals surface area contributed by atoms with Gasteiger partial charge in [0.05, 0.1) is 13.7 Å².